The number of benzene rings is 1. The minimum Gasteiger partial charge on any atom is -0.493 e. The number of Topliss-reactive ketones (excluding diaryl/α,β-unsaturated/α-hetero) is 1. The van der Waals surface area contributed by atoms with Gasteiger partial charge in [0.2, 0.25) is 5.78 Å². The number of ketones is 1. The molecule has 0 aliphatic carbocycles. The van der Waals surface area contributed by atoms with E-state index >= 15 is 0 Å². The van der Waals surface area contributed by atoms with Gasteiger partial charge >= 0.3 is 5.97 Å². The number of aryl methyl sites for hydroxylation is 1. The number of esters is 1. The molecule has 0 amide bonds. The zero-order valence-electron chi connectivity index (χ0n) is 15.1. The summed E-state index contributed by atoms with van der Waals surface area (Å²) in [5.41, 5.74) is 1.93. The van der Waals surface area contributed by atoms with Crippen LogP contribution in [0.2, 0.25) is 0 Å². The van der Waals surface area contributed by atoms with Gasteiger partial charge in [0.05, 0.1) is 13.7 Å². The second-order valence-electron chi connectivity index (χ2n) is 5.62. The Morgan fingerprint density at radius 3 is 2.40 bits per heavy atom. The van der Waals surface area contributed by atoms with Crippen molar-refractivity contribution in [3.05, 3.63) is 46.8 Å². The molecule has 134 valence electrons. The van der Waals surface area contributed by atoms with Gasteiger partial charge in [-0.3, -0.25) is 4.79 Å². The monoisotopic (exact) mass is 345 g/mol. The lowest BCUT2D eigenvalue weighted by molar-refractivity contribution is 0.0519. The molecule has 0 aliphatic rings. The summed E-state index contributed by atoms with van der Waals surface area (Å²) in [4.78, 5) is 27.8. The van der Waals surface area contributed by atoms with Crippen molar-refractivity contribution in [3.63, 3.8) is 0 Å². The average Bonchev–Trinajstić information content (AvgIpc) is 2.89. The average molecular weight is 345 g/mol. The highest BCUT2D eigenvalue weighted by Gasteiger charge is 2.27. The lowest BCUT2D eigenvalue weighted by Gasteiger charge is -2.16. The molecule has 1 aromatic carbocycles. The zero-order valence-corrected chi connectivity index (χ0v) is 15.1. The van der Waals surface area contributed by atoms with Crippen molar-refractivity contribution in [1.82, 2.24) is 4.98 Å². The van der Waals surface area contributed by atoms with E-state index in [0.717, 1.165) is 0 Å². The number of aromatic amines is 1. The third-order valence-corrected chi connectivity index (χ3v) is 3.91. The van der Waals surface area contributed by atoms with Gasteiger partial charge in [0.15, 0.2) is 17.6 Å². The summed E-state index contributed by atoms with van der Waals surface area (Å²) in [6.45, 7) is 7.15. The Bertz CT molecular complexity index is 778. The van der Waals surface area contributed by atoms with Crippen molar-refractivity contribution in [2.75, 3.05) is 13.7 Å². The van der Waals surface area contributed by atoms with E-state index in [-0.39, 0.29) is 12.4 Å². The number of methoxy groups -OCH3 is 1. The van der Waals surface area contributed by atoms with Crippen molar-refractivity contribution in [3.8, 4) is 11.5 Å². The Hall–Kier alpha value is -2.76. The fourth-order valence-corrected chi connectivity index (χ4v) is 2.69. The number of hydrogen-bond acceptors (Lipinski definition) is 5. The number of para-hydroxylation sites is 2. The van der Waals surface area contributed by atoms with Gasteiger partial charge in [-0.15, -0.1) is 0 Å². The highest BCUT2D eigenvalue weighted by molar-refractivity contribution is 6.04. The minimum atomic E-state index is -0.737. The van der Waals surface area contributed by atoms with Crippen LogP contribution >= 0.6 is 0 Å². The highest BCUT2D eigenvalue weighted by atomic mass is 16.5. The minimum absolute atomic E-state index is 0.215. The van der Waals surface area contributed by atoms with Crippen molar-refractivity contribution in [1.29, 1.82) is 0 Å². The SMILES string of the molecule is CCOC(=O)c1[nH]c(C)c(C(=O)[C@@H](C)Oc2ccccc2OC)c1C. The molecular weight excluding hydrogens is 322 g/mol. The molecule has 0 spiro atoms. The summed E-state index contributed by atoms with van der Waals surface area (Å²) in [6, 6.07) is 7.13. The highest BCUT2D eigenvalue weighted by Crippen LogP contribution is 2.28. The van der Waals surface area contributed by atoms with Crippen molar-refractivity contribution in [2.24, 2.45) is 0 Å². The first kappa shape index (κ1) is 18.6. The standard InChI is InChI=1S/C19H23NO5/c1-6-24-19(22)17-11(2)16(12(3)20-17)18(21)13(4)25-15-10-8-7-9-14(15)23-5/h7-10,13,20H,6H2,1-5H3/t13-/m1/s1. The molecule has 0 fully saturated rings. The third-order valence-electron chi connectivity index (χ3n) is 3.91. The molecule has 1 N–H and O–H groups in total. The molecule has 0 radical (unpaired) electrons. The second kappa shape index (κ2) is 7.88. The molecule has 0 aliphatic heterocycles. The van der Waals surface area contributed by atoms with Crippen LogP contribution in [0.25, 0.3) is 0 Å². The van der Waals surface area contributed by atoms with E-state index in [0.29, 0.717) is 34.0 Å². The molecule has 1 aromatic heterocycles. The lowest BCUT2D eigenvalue weighted by atomic mass is 10.0. The van der Waals surface area contributed by atoms with Gasteiger partial charge in [-0.2, -0.15) is 0 Å². The van der Waals surface area contributed by atoms with Crippen LogP contribution in [0.15, 0.2) is 24.3 Å². The summed E-state index contributed by atoms with van der Waals surface area (Å²) in [6.07, 6.45) is -0.737. The van der Waals surface area contributed by atoms with E-state index in [4.69, 9.17) is 14.2 Å². The second-order valence-corrected chi connectivity index (χ2v) is 5.62. The van der Waals surface area contributed by atoms with E-state index in [1.165, 1.54) is 0 Å². The van der Waals surface area contributed by atoms with Gasteiger partial charge in [-0.1, -0.05) is 12.1 Å². The summed E-state index contributed by atoms with van der Waals surface area (Å²) in [5.74, 6) is 0.354. The largest absolute Gasteiger partial charge is 0.493 e. The molecule has 25 heavy (non-hydrogen) atoms. The van der Waals surface area contributed by atoms with Crippen molar-refractivity contribution < 1.29 is 23.8 Å². The Labute approximate surface area is 147 Å². The lowest BCUT2D eigenvalue weighted by Crippen LogP contribution is -2.25. The molecule has 6 nitrogen and oxygen atoms in total. The van der Waals surface area contributed by atoms with E-state index in [1.807, 2.05) is 6.07 Å². The van der Waals surface area contributed by atoms with E-state index < -0.39 is 12.1 Å². The van der Waals surface area contributed by atoms with Crippen LogP contribution in [0.5, 0.6) is 11.5 Å². The number of carbonyl (C=O) groups excluding carboxylic acids is 2. The Morgan fingerprint density at radius 2 is 1.80 bits per heavy atom. The van der Waals surface area contributed by atoms with Crippen molar-refractivity contribution >= 4 is 11.8 Å². The summed E-state index contributed by atoms with van der Waals surface area (Å²) in [7, 11) is 1.54. The van der Waals surface area contributed by atoms with Crippen LogP contribution in [-0.4, -0.2) is 36.6 Å². The van der Waals surface area contributed by atoms with Gasteiger partial charge in [0, 0.05) is 11.3 Å². The van der Waals surface area contributed by atoms with Crippen LogP contribution in [0.4, 0.5) is 0 Å². The first-order valence-electron chi connectivity index (χ1n) is 8.10. The maximum atomic E-state index is 12.8. The van der Waals surface area contributed by atoms with Crippen LogP contribution in [0.3, 0.4) is 0 Å². The maximum Gasteiger partial charge on any atom is 0.355 e. The molecule has 0 bridgehead atoms. The normalized spacial score (nSPS) is 11.7. The number of H-pyrrole nitrogens is 1. The van der Waals surface area contributed by atoms with Crippen LogP contribution in [0, 0.1) is 13.8 Å². The summed E-state index contributed by atoms with van der Waals surface area (Å²) < 4.78 is 16.0. The number of aromatic nitrogens is 1. The Morgan fingerprint density at radius 1 is 1.16 bits per heavy atom. The summed E-state index contributed by atoms with van der Waals surface area (Å²) >= 11 is 0. The maximum absolute atomic E-state index is 12.8. The Kier molecular flexibility index (Phi) is 5.85. The fraction of sp³-hybridized carbons (Fsp3) is 0.368. The predicted molar refractivity (Wildman–Crippen MR) is 93.6 cm³/mol. The van der Waals surface area contributed by atoms with E-state index in [1.54, 1.807) is 53.0 Å². The zero-order chi connectivity index (χ0) is 18.6. The topological polar surface area (TPSA) is 77.6 Å². The summed E-state index contributed by atoms with van der Waals surface area (Å²) in [5, 5.41) is 0. The van der Waals surface area contributed by atoms with E-state index in [2.05, 4.69) is 4.98 Å². The molecule has 1 heterocycles. The van der Waals surface area contributed by atoms with Crippen molar-refractivity contribution in [2.45, 2.75) is 33.8 Å². The van der Waals surface area contributed by atoms with Gasteiger partial charge in [-0.05, 0) is 45.4 Å². The number of ether oxygens (including phenoxy) is 3. The Balaban J connectivity index is 2.26. The first-order chi connectivity index (χ1) is 11.9. The smallest absolute Gasteiger partial charge is 0.355 e. The third kappa shape index (κ3) is 3.84. The molecule has 1 atom stereocenters. The van der Waals surface area contributed by atoms with Crippen LogP contribution in [-0.2, 0) is 4.74 Å². The fourth-order valence-electron chi connectivity index (χ4n) is 2.69. The molecule has 2 rings (SSSR count). The van der Waals surface area contributed by atoms with Gasteiger partial charge in [-0.25, -0.2) is 4.79 Å². The predicted octanol–water partition coefficient (Wildman–Crippen LogP) is 3.47. The van der Waals surface area contributed by atoms with Gasteiger partial charge in [0.1, 0.15) is 5.69 Å². The molecule has 0 saturated heterocycles. The molecule has 0 unspecified atom stereocenters. The molecule has 2 aromatic rings. The number of hydrogen-bond donors (Lipinski definition) is 1. The number of rotatable bonds is 7. The molecule has 0 saturated carbocycles. The first-order valence-corrected chi connectivity index (χ1v) is 8.10. The van der Waals surface area contributed by atoms with Crippen LogP contribution < -0.4 is 9.47 Å². The molecular formula is C19H23NO5. The van der Waals surface area contributed by atoms with E-state index in [9.17, 15) is 9.59 Å². The van der Waals surface area contributed by atoms with Gasteiger partial charge in [0.25, 0.3) is 0 Å². The quantitative estimate of drug-likeness (QED) is 0.614. The van der Waals surface area contributed by atoms with Crippen LogP contribution in [0.1, 0.15) is 46.0 Å². The van der Waals surface area contributed by atoms with Gasteiger partial charge < -0.3 is 19.2 Å². The number of carbonyl (C=O) groups is 2. The molecule has 6 heteroatoms. The number of nitrogens with one attached hydrogen (secondary N) is 1.